The van der Waals surface area contributed by atoms with Crippen molar-refractivity contribution in [2.24, 2.45) is 10.7 Å². The van der Waals surface area contributed by atoms with Gasteiger partial charge in [0.25, 0.3) is 5.91 Å². The van der Waals surface area contributed by atoms with Crippen molar-refractivity contribution in [1.82, 2.24) is 25.1 Å². The van der Waals surface area contributed by atoms with Crippen molar-refractivity contribution >= 4 is 17.7 Å². The minimum absolute atomic E-state index is 0.260. The summed E-state index contributed by atoms with van der Waals surface area (Å²) in [4.78, 5) is 26.3. The zero-order valence-corrected chi connectivity index (χ0v) is 20.1. The van der Waals surface area contributed by atoms with Crippen molar-refractivity contribution in [2.45, 2.75) is 51.2 Å². The molecule has 0 aromatic carbocycles. The van der Waals surface area contributed by atoms with Gasteiger partial charge in [-0.15, -0.1) is 0 Å². The molecular weight excluding hydrogens is 442 g/mol. The summed E-state index contributed by atoms with van der Waals surface area (Å²) in [7, 11) is 1.68. The highest BCUT2D eigenvalue weighted by Gasteiger charge is 2.26. The minimum atomic E-state index is -0.530. The van der Waals surface area contributed by atoms with E-state index in [4.69, 9.17) is 5.73 Å². The molecule has 9 heteroatoms. The Kier molecular flexibility index (Phi) is 7.67. The summed E-state index contributed by atoms with van der Waals surface area (Å²) in [6.07, 6.45) is 11.9. The molecule has 35 heavy (non-hydrogen) atoms. The second-order valence-electron chi connectivity index (χ2n) is 8.74. The number of rotatable bonds is 7. The molecule has 4 N–H and O–H groups in total. The highest BCUT2D eigenvalue weighted by atomic mass is 16.3. The maximum Gasteiger partial charge on any atom is 0.270 e. The van der Waals surface area contributed by atoms with Crippen molar-refractivity contribution in [2.75, 3.05) is 7.05 Å². The van der Waals surface area contributed by atoms with Crippen LogP contribution in [0.3, 0.4) is 0 Å². The van der Waals surface area contributed by atoms with E-state index >= 15 is 0 Å². The predicted octanol–water partition coefficient (Wildman–Crippen LogP) is 2.60. The third kappa shape index (κ3) is 5.63. The third-order valence-corrected chi connectivity index (χ3v) is 6.32. The van der Waals surface area contributed by atoms with Crippen molar-refractivity contribution in [3.05, 3.63) is 77.1 Å². The van der Waals surface area contributed by atoms with Crippen LogP contribution in [0.5, 0.6) is 0 Å². The van der Waals surface area contributed by atoms with Gasteiger partial charge in [-0.25, -0.2) is 9.67 Å². The molecule has 3 aromatic rings. The fourth-order valence-electron chi connectivity index (χ4n) is 4.34. The molecule has 0 unspecified atom stereocenters. The van der Waals surface area contributed by atoms with Gasteiger partial charge in [-0.2, -0.15) is 5.10 Å². The highest BCUT2D eigenvalue weighted by molar-refractivity contribution is 6.08. The average Bonchev–Trinajstić information content (AvgIpc) is 3.40. The van der Waals surface area contributed by atoms with Crippen LogP contribution >= 0.6 is 0 Å². The summed E-state index contributed by atoms with van der Waals surface area (Å²) in [6.45, 7) is 1.97. The van der Waals surface area contributed by atoms with E-state index in [1.165, 1.54) is 6.20 Å². The summed E-state index contributed by atoms with van der Waals surface area (Å²) >= 11 is 0. The molecule has 1 aliphatic rings. The molecule has 0 spiro atoms. The predicted molar refractivity (Wildman–Crippen MR) is 135 cm³/mol. The van der Waals surface area contributed by atoms with E-state index in [0.717, 1.165) is 47.2 Å². The van der Waals surface area contributed by atoms with E-state index in [1.54, 1.807) is 36.5 Å². The first-order chi connectivity index (χ1) is 17.0. The Morgan fingerprint density at radius 2 is 2.14 bits per heavy atom. The van der Waals surface area contributed by atoms with Gasteiger partial charge in [-0.3, -0.25) is 14.8 Å². The number of nitrogens with two attached hydrogens (primary N) is 1. The van der Waals surface area contributed by atoms with Crippen LogP contribution in [0.2, 0.25) is 0 Å². The first-order valence-electron chi connectivity index (χ1n) is 11.8. The first-order valence-corrected chi connectivity index (χ1v) is 11.8. The number of amides is 1. The van der Waals surface area contributed by atoms with Gasteiger partial charge in [0, 0.05) is 43.6 Å². The standard InChI is InChI=1S/C26H31N7O2/c1-17-19(12-18-8-9-21(29-15-18)20(14-27)16-28-2)13-23(31-25(17)33-11-5-10-30-33)26(35)32-22-6-3-4-7-24(22)34/h5,8-11,13-16,22,24,34H,3-4,6-7,12,27H2,1-2H3,(H,32,35)/t22-,24-/m0/s1. The molecule has 0 radical (unpaired) electrons. The Labute approximate surface area is 204 Å². The Bertz CT molecular complexity index is 1220. The number of hydrogen-bond acceptors (Lipinski definition) is 7. The third-order valence-electron chi connectivity index (χ3n) is 6.32. The van der Waals surface area contributed by atoms with Crippen LogP contribution in [-0.2, 0) is 6.42 Å². The van der Waals surface area contributed by atoms with Gasteiger partial charge in [0.15, 0.2) is 5.82 Å². The van der Waals surface area contributed by atoms with Gasteiger partial charge < -0.3 is 16.2 Å². The molecule has 9 nitrogen and oxygen atoms in total. The lowest BCUT2D eigenvalue weighted by Crippen LogP contribution is -2.45. The Hall–Kier alpha value is -3.85. The SMILES string of the molecule is CN=CC(=CN)c1ccc(Cc2cc(C(=O)N[C@H]3CCCC[C@@H]3O)nc(-n3cccn3)c2C)cn1. The van der Waals surface area contributed by atoms with Crippen molar-refractivity contribution in [3.63, 3.8) is 0 Å². The lowest BCUT2D eigenvalue weighted by Gasteiger charge is -2.28. The first kappa shape index (κ1) is 24.3. The number of carbonyl (C=O) groups is 1. The van der Waals surface area contributed by atoms with E-state index in [2.05, 4.69) is 25.4 Å². The van der Waals surface area contributed by atoms with Crippen molar-refractivity contribution < 1.29 is 9.90 Å². The number of nitrogens with one attached hydrogen (secondary N) is 1. The van der Waals surface area contributed by atoms with E-state index in [-0.39, 0.29) is 11.9 Å². The van der Waals surface area contributed by atoms with Crippen LogP contribution in [0.1, 0.15) is 58.6 Å². The molecule has 0 saturated heterocycles. The normalized spacial score (nSPS) is 18.7. The molecule has 1 amide bonds. The molecule has 1 fully saturated rings. The van der Waals surface area contributed by atoms with Crippen LogP contribution < -0.4 is 11.1 Å². The number of carbonyl (C=O) groups excluding carboxylic acids is 1. The van der Waals surface area contributed by atoms with E-state index < -0.39 is 6.10 Å². The van der Waals surface area contributed by atoms with E-state index in [1.807, 2.05) is 31.2 Å². The summed E-state index contributed by atoms with van der Waals surface area (Å²) < 4.78 is 1.66. The molecule has 1 aliphatic carbocycles. The number of aromatic nitrogens is 4. The monoisotopic (exact) mass is 473 g/mol. The molecular formula is C26H31N7O2. The average molecular weight is 474 g/mol. The molecule has 4 rings (SSSR count). The van der Waals surface area contributed by atoms with Crippen molar-refractivity contribution in [1.29, 1.82) is 0 Å². The van der Waals surface area contributed by atoms with E-state index in [0.29, 0.717) is 24.4 Å². The number of aliphatic hydroxyl groups is 1. The number of aliphatic imine (C=N–C) groups is 1. The Morgan fingerprint density at radius 1 is 1.31 bits per heavy atom. The van der Waals surface area contributed by atoms with Crippen LogP contribution in [0.25, 0.3) is 11.4 Å². The van der Waals surface area contributed by atoms with Crippen molar-refractivity contribution in [3.8, 4) is 5.82 Å². The van der Waals surface area contributed by atoms with Crippen LogP contribution in [0.15, 0.2) is 54.0 Å². The molecule has 1 saturated carbocycles. The lowest BCUT2D eigenvalue weighted by molar-refractivity contribution is 0.0713. The molecule has 3 aromatic heterocycles. The smallest absolute Gasteiger partial charge is 0.270 e. The molecule has 2 atom stereocenters. The summed E-state index contributed by atoms with van der Waals surface area (Å²) in [5.41, 5.74) is 10.3. The zero-order valence-electron chi connectivity index (χ0n) is 20.1. The van der Waals surface area contributed by atoms with Gasteiger partial charge in [-0.1, -0.05) is 18.9 Å². The molecule has 3 heterocycles. The van der Waals surface area contributed by atoms with Gasteiger partial charge >= 0.3 is 0 Å². The summed E-state index contributed by atoms with van der Waals surface area (Å²) in [6, 6.07) is 7.26. The second kappa shape index (κ2) is 11.1. The van der Waals surface area contributed by atoms with Crippen LogP contribution in [-0.4, -0.2) is 56.2 Å². The zero-order chi connectivity index (χ0) is 24.8. The highest BCUT2D eigenvalue weighted by Crippen LogP contribution is 2.23. The summed E-state index contributed by atoms with van der Waals surface area (Å²) in [5, 5.41) is 17.6. The van der Waals surface area contributed by atoms with Gasteiger partial charge in [-0.05, 0) is 61.1 Å². The van der Waals surface area contributed by atoms with Crippen LogP contribution in [0, 0.1) is 6.92 Å². The van der Waals surface area contributed by atoms with E-state index in [9.17, 15) is 9.90 Å². The van der Waals surface area contributed by atoms with Gasteiger partial charge in [0.05, 0.1) is 17.8 Å². The largest absolute Gasteiger partial charge is 0.404 e. The Balaban J connectivity index is 1.64. The fourth-order valence-corrected chi connectivity index (χ4v) is 4.34. The number of hydrogen-bond donors (Lipinski definition) is 3. The lowest BCUT2D eigenvalue weighted by atomic mass is 9.92. The number of aliphatic hydroxyl groups excluding tert-OH is 1. The van der Waals surface area contributed by atoms with Crippen LogP contribution in [0.4, 0.5) is 0 Å². The number of pyridine rings is 2. The fraction of sp³-hybridized carbons (Fsp3) is 0.346. The topological polar surface area (TPSA) is 131 Å². The summed E-state index contributed by atoms with van der Waals surface area (Å²) in [5.74, 6) is 0.301. The number of nitrogens with zero attached hydrogens (tertiary/aromatic N) is 5. The number of allylic oxidation sites excluding steroid dienone is 1. The molecule has 0 bridgehead atoms. The maximum absolute atomic E-state index is 13.2. The Morgan fingerprint density at radius 3 is 2.80 bits per heavy atom. The quantitative estimate of drug-likeness (QED) is 0.452. The minimum Gasteiger partial charge on any atom is -0.404 e. The van der Waals surface area contributed by atoms with Gasteiger partial charge in [0.2, 0.25) is 0 Å². The van der Waals surface area contributed by atoms with Gasteiger partial charge in [0.1, 0.15) is 5.69 Å². The molecule has 182 valence electrons. The molecule has 0 aliphatic heterocycles. The maximum atomic E-state index is 13.2. The second-order valence-corrected chi connectivity index (χ2v) is 8.74.